The molecule has 0 aromatic carbocycles. The zero-order chi connectivity index (χ0) is 18.2. The predicted molar refractivity (Wildman–Crippen MR) is 120 cm³/mol. The second-order valence-corrected chi connectivity index (χ2v) is 7.41. The molecule has 1 saturated heterocycles. The Morgan fingerprint density at radius 3 is 2.69 bits per heavy atom. The van der Waals surface area contributed by atoms with E-state index >= 15 is 0 Å². The first-order chi connectivity index (χ1) is 12.0. The van der Waals surface area contributed by atoms with Crippen LogP contribution in [0.4, 0.5) is 0 Å². The van der Waals surface area contributed by atoms with E-state index < -0.39 is 0 Å². The maximum Gasteiger partial charge on any atom is 0.191 e. The Labute approximate surface area is 176 Å². The van der Waals surface area contributed by atoms with Gasteiger partial charge in [-0.1, -0.05) is 6.92 Å². The Bertz CT molecular complexity index is 542. The first-order valence-electron chi connectivity index (χ1n) is 9.77. The summed E-state index contributed by atoms with van der Waals surface area (Å²) in [5.41, 5.74) is 0. The van der Waals surface area contributed by atoms with Gasteiger partial charge in [-0.2, -0.15) is 0 Å². The van der Waals surface area contributed by atoms with Crippen molar-refractivity contribution in [1.29, 1.82) is 0 Å². The molecule has 0 amide bonds. The molecule has 1 aliphatic rings. The summed E-state index contributed by atoms with van der Waals surface area (Å²) in [7, 11) is 0. The summed E-state index contributed by atoms with van der Waals surface area (Å²) in [6.45, 7) is 16.1. The van der Waals surface area contributed by atoms with Gasteiger partial charge in [0.1, 0.15) is 5.82 Å². The number of nitrogens with one attached hydrogen (secondary N) is 2. The zero-order valence-corrected chi connectivity index (χ0v) is 19.4. The first-order valence-corrected chi connectivity index (χ1v) is 9.77. The summed E-state index contributed by atoms with van der Waals surface area (Å²) in [6.07, 6.45) is 6.13. The molecule has 1 aromatic heterocycles. The number of rotatable bonds is 8. The van der Waals surface area contributed by atoms with Crippen LogP contribution in [0, 0.1) is 12.8 Å². The van der Waals surface area contributed by atoms with Crippen LogP contribution < -0.4 is 10.6 Å². The first kappa shape index (κ1) is 23.2. The standard InChI is InChI=1S/C19H36N6.HI/c1-6-20-19(23-18-14-25(15(2)3)13-16(18)4)22-9-7-8-11-24-12-10-21-17(24)5;/h10,12,15-16,18H,6-9,11,13-14H2,1-5H3,(H2,20,22,23);1H. The van der Waals surface area contributed by atoms with Crippen molar-refractivity contribution in [2.75, 3.05) is 26.2 Å². The monoisotopic (exact) mass is 476 g/mol. The van der Waals surface area contributed by atoms with E-state index in [1.165, 1.54) is 6.54 Å². The minimum atomic E-state index is 0. The summed E-state index contributed by atoms with van der Waals surface area (Å²) in [5, 5.41) is 7.04. The molecular weight excluding hydrogens is 439 g/mol. The number of aliphatic imine (C=N–C) groups is 1. The fraction of sp³-hybridized carbons (Fsp3) is 0.789. The van der Waals surface area contributed by atoms with Gasteiger partial charge in [0.2, 0.25) is 0 Å². The van der Waals surface area contributed by atoms with Gasteiger partial charge in [-0.05, 0) is 46.5 Å². The van der Waals surface area contributed by atoms with Crippen LogP contribution >= 0.6 is 24.0 Å². The van der Waals surface area contributed by atoms with Gasteiger partial charge in [-0.25, -0.2) is 4.98 Å². The van der Waals surface area contributed by atoms with Crippen molar-refractivity contribution in [2.24, 2.45) is 10.9 Å². The van der Waals surface area contributed by atoms with Crippen molar-refractivity contribution in [3.05, 3.63) is 18.2 Å². The molecule has 7 heteroatoms. The molecule has 26 heavy (non-hydrogen) atoms. The van der Waals surface area contributed by atoms with Crippen molar-refractivity contribution < 1.29 is 0 Å². The SMILES string of the molecule is CCNC(=NCCCCn1ccnc1C)NC1CN(C(C)C)CC1C.I. The van der Waals surface area contributed by atoms with Crippen LogP contribution in [0.1, 0.15) is 46.4 Å². The molecule has 2 unspecified atom stereocenters. The highest BCUT2D eigenvalue weighted by molar-refractivity contribution is 14.0. The summed E-state index contributed by atoms with van der Waals surface area (Å²) < 4.78 is 2.20. The second-order valence-electron chi connectivity index (χ2n) is 7.41. The summed E-state index contributed by atoms with van der Waals surface area (Å²) in [5.74, 6) is 2.70. The van der Waals surface area contributed by atoms with Gasteiger partial charge in [0.15, 0.2) is 5.96 Å². The van der Waals surface area contributed by atoms with Crippen molar-refractivity contribution in [2.45, 2.75) is 66.1 Å². The minimum absolute atomic E-state index is 0. The van der Waals surface area contributed by atoms with Crippen molar-refractivity contribution >= 4 is 29.9 Å². The summed E-state index contributed by atoms with van der Waals surface area (Å²) in [4.78, 5) is 11.6. The van der Waals surface area contributed by atoms with Gasteiger partial charge >= 0.3 is 0 Å². The van der Waals surface area contributed by atoms with Crippen LogP contribution in [-0.4, -0.2) is 58.7 Å². The van der Waals surface area contributed by atoms with Crippen LogP contribution in [0.25, 0.3) is 0 Å². The van der Waals surface area contributed by atoms with E-state index in [4.69, 9.17) is 4.99 Å². The van der Waals surface area contributed by atoms with Gasteiger partial charge in [0, 0.05) is 57.2 Å². The molecule has 0 saturated carbocycles. The number of likely N-dealkylation sites (tertiary alicyclic amines) is 1. The van der Waals surface area contributed by atoms with E-state index in [0.717, 1.165) is 50.8 Å². The van der Waals surface area contributed by atoms with E-state index in [1.54, 1.807) is 0 Å². The molecule has 1 aromatic rings. The highest BCUT2D eigenvalue weighted by Crippen LogP contribution is 2.18. The number of imidazole rings is 1. The Morgan fingerprint density at radius 2 is 2.12 bits per heavy atom. The van der Waals surface area contributed by atoms with Crippen LogP contribution in [0.5, 0.6) is 0 Å². The quantitative estimate of drug-likeness (QED) is 0.262. The maximum atomic E-state index is 4.77. The predicted octanol–water partition coefficient (Wildman–Crippen LogP) is 2.87. The summed E-state index contributed by atoms with van der Waals surface area (Å²) >= 11 is 0. The Hall–Kier alpha value is -0.830. The van der Waals surface area contributed by atoms with Crippen molar-refractivity contribution in [1.82, 2.24) is 25.1 Å². The fourth-order valence-corrected chi connectivity index (χ4v) is 3.33. The third kappa shape index (κ3) is 7.06. The van der Waals surface area contributed by atoms with Gasteiger partial charge in [-0.3, -0.25) is 9.89 Å². The lowest BCUT2D eigenvalue weighted by Gasteiger charge is -2.22. The van der Waals surface area contributed by atoms with Gasteiger partial charge in [-0.15, -0.1) is 24.0 Å². The average Bonchev–Trinajstić information content (AvgIpc) is 3.13. The third-order valence-corrected chi connectivity index (χ3v) is 5.04. The van der Waals surface area contributed by atoms with Crippen molar-refractivity contribution in [3.63, 3.8) is 0 Å². The number of hydrogen-bond donors (Lipinski definition) is 2. The molecule has 150 valence electrons. The van der Waals surface area contributed by atoms with Crippen LogP contribution in [0.3, 0.4) is 0 Å². The van der Waals surface area contributed by atoms with Crippen LogP contribution in [0.2, 0.25) is 0 Å². The number of guanidine groups is 1. The van der Waals surface area contributed by atoms with Gasteiger partial charge < -0.3 is 15.2 Å². The molecule has 0 bridgehead atoms. The molecule has 1 aliphatic heterocycles. The van der Waals surface area contributed by atoms with E-state index in [1.807, 2.05) is 12.4 Å². The molecule has 6 nitrogen and oxygen atoms in total. The fourth-order valence-electron chi connectivity index (χ4n) is 3.33. The zero-order valence-electron chi connectivity index (χ0n) is 17.0. The minimum Gasteiger partial charge on any atom is -0.357 e. The Kier molecular flexibility index (Phi) is 10.5. The highest BCUT2D eigenvalue weighted by atomic mass is 127. The molecule has 0 spiro atoms. The lowest BCUT2D eigenvalue weighted by Crippen LogP contribution is -2.46. The molecule has 0 radical (unpaired) electrons. The van der Waals surface area contributed by atoms with Gasteiger partial charge in [0.25, 0.3) is 0 Å². The number of halogens is 1. The van der Waals surface area contributed by atoms with E-state index in [2.05, 4.69) is 59.7 Å². The highest BCUT2D eigenvalue weighted by Gasteiger charge is 2.31. The number of nitrogens with zero attached hydrogens (tertiary/aromatic N) is 4. The number of unbranched alkanes of at least 4 members (excludes halogenated alkanes) is 1. The number of aryl methyl sites for hydroxylation is 2. The number of hydrogen-bond acceptors (Lipinski definition) is 3. The molecular formula is C19H37IN6. The Morgan fingerprint density at radius 1 is 1.35 bits per heavy atom. The number of aromatic nitrogens is 2. The van der Waals surface area contributed by atoms with Crippen LogP contribution in [0.15, 0.2) is 17.4 Å². The largest absolute Gasteiger partial charge is 0.357 e. The molecule has 2 N–H and O–H groups in total. The van der Waals surface area contributed by atoms with E-state index in [-0.39, 0.29) is 24.0 Å². The average molecular weight is 476 g/mol. The van der Waals surface area contributed by atoms with Crippen LogP contribution in [-0.2, 0) is 6.54 Å². The normalized spacial score (nSPS) is 21.1. The molecule has 2 atom stereocenters. The topological polar surface area (TPSA) is 57.5 Å². The molecule has 2 heterocycles. The molecule has 2 rings (SSSR count). The lowest BCUT2D eigenvalue weighted by molar-refractivity contribution is 0.265. The second kappa shape index (κ2) is 11.8. The van der Waals surface area contributed by atoms with E-state index in [9.17, 15) is 0 Å². The van der Waals surface area contributed by atoms with Crippen molar-refractivity contribution in [3.8, 4) is 0 Å². The molecule has 1 fully saturated rings. The lowest BCUT2D eigenvalue weighted by atomic mass is 10.1. The maximum absolute atomic E-state index is 4.77. The third-order valence-electron chi connectivity index (χ3n) is 5.04. The summed E-state index contributed by atoms with van der Waals surface area (Å²) in [6, 6.07) is 1.09. The Balaban J connectivity index is 0.00000338. The molecule has 0 aliphatic carbocycles. The van der Waals surface area contributed by atoms with Gasteiger partial charge in [0.05, 0.1) is 0 Å². The van der Waals surface area contributed by atoms with E-state index in [0.29, 0.717) is 18.0 Å². The smallest absolute Gasteiger partial charge is 0.191 e.